The molecule has 0 amide bonds. The van der Waals surface area contributed by atoms with E-state index in [1.807, 2.05) is 6.07 Å². The molecule has 1 fully saturated rings. The van der Waals surface area contributed by atoms with Gasteiger partial charge in [-0.15, -0.1) is 0 Å². The van der Waals surface area contributed by atoms with E-state index in [9.17, 15) is 4.79 Å². The molecule has 3 nitrogen and oxygen atoms in total. The smallest absolute Gasteiger partial charge is 0.337 e. The van der Waals surface area contributed by atoms with Gasteiger partial charge in [-0.05, 0) is 42.4 Å². The second-order valence-electron chi connectivity index (χ2n) is 6.30. The zero-order chi connectivity index (χ0) is 14.2. The molecule has 4 heteroatoms. The summed E-state index contributed by atoms with van der Waals surface area (Å²) in [5, 5.41) is 12.8. The lowest BCUT2D eigenvalue weighted by atomic mass is 9.91. The van der Waals surface area contributed by atoms with Gasteiger partial charge in [-0.1, -0.05) is 32.4 Å². The lowest BCUT2D eigenvalue weighted by Crippen LogP contribution is -2.22. The normalized spacial score (nSPS) is 25.3. The lowest BCUT2D eigenvalue weighted by Gasteiger charge is -2.20. The molecule has 2 rings (SSSR count). The topological polar surface area (TPSA) is 49.3 Å². The van der Waals surface area contributed by atoms with Crippen LogP contribution < -0.4 is 5.32 Å². The van der Waals surface area contributed by atoms with E-state index >= 15 is 0 Å². The van der Waals surface area contributed by atoms with Crippen LogP contribution in [-0.2, 0) is 0 Å². The molecule has 1 aromatic carbocycles. The van der Waals surface area contributed by atoms with Gasteiger partial charge in [0.2, 0.25) is 0 Å². The van der Waals surface area contributed by atoms with Gasteiger partial charge < -0.3 is 10.4 Å². The number of halogens is 1. The zero-order valence-electron chi connectivity index (χ0n) is 11.5. The van der Waals surface area contributed by atoms with Gasteiger partial charge in [-0.25, -0.2) is 4.79 Å². The van der Waals surface area contributed by atoms with Crippen molar-refractivity contribution in [3.05, 3.63) is 28.8 Å². The maximum absolute atomic E-state index is 11.1. The van der Waals surface area contributed by atoms with Gasteiger partial charge >= 0.3 is 5.97 Å². The molecule has 1 saturated carbocycles. The summed E-state index contributed by atoms with van der Waals surface area (Å²) >= 11 is 5.87. The summed E-state index contributed by atoms with van der Waals surface area (Å²) in [5.41, 5.74) is 1.33. The average molecular weight is 282 g/mol. The minimum Gasteiger partial charge on any atom is -0.478 e. The van der Waals surface area contributed by atoms with Gasteiger partial charge in [-0.3, -0.25) is 0 Å². The van der Waals surface area contributed by atoms with Crippen LogP contribution in [0.25, 0.3) is 0 Å². The van der Waals surface area contributed by atoms with Gasteiger partial charge in [-0.2, -0.15) is 0 Å². The first-order chi connectivity index (χ1) is 8.78. The van der Waals surface area contributed by atoms with Crippen molar-refractivity contribution < 1.29 is 9.90 Å². The van der Waals surface area contributed by atoms with Crippen LogP contribution in [0.3, 0.4) is 0 Å². The zero-order valence-corrected chi connectivity index (χ0v) is 12.3. The molecule has 1 aromatic rings. The van der Waals surface area contributed by atoms with E-state index in [1.54, 1.807) is 12.1 Å². The van der Waals surface area contributed by atoms with E-state index in [4.69, 9.17) is 16.7 Å². The molecular weight excluding hydrogens is 262 g/mol. The van der Waals surface area contributed by atoms with E-state index < -0.39 is 5.97 Å². The van der Waals surface area contributed by atoms with Gasteiger partial charge in [0.05, 0.1) is 10.6 Å². The predicted octanol–water partition coefficient (Wildman–Crippen LogP) is 4.27. The summed E-state index contributed by atoms with van der Waals surface area (Å²) in [6, 6.07) is 5.48. The molecule has 0 aliphatic heterocycles. The molecule has 2 unspecified atom stereocenters. The van der Waals surface area contributed by atoms with Crippen LogP contribution in [0.5, 0.6) is 0 Å². The minimum absolute atomic E-state index is 0.150. The number of carboxylic acid groups (broad SMARTS) is 1. The van der Waals surface area contributed by atoms with Crippen LogP contribution in [0.1, 0.15) is 44.0 Å². The van der Waals surface area contributed by atoms with Crippen LogP contribution >= 0.6 is 11.6 Å². The van der Waals surface area contributed by atoms with E-state index in [-0.39, 0.29) is 10.6 Å². The SMILES string of the molecule is CC1CC(C)(C)CC1Nc1ccc(Cl)c(C(=O)O)c1. The first-order valence-corrected chi connectivity index (χ1v) is 6.96. The van der Waals surface area contributed by atoms with Crippen LogP contribution in [-0.4, -0.2) is 17.1 Å². The summed E-state index contributed by atoms with van der Waals surface area (Å²) in [7, 11) is 0. The highest BCUT2D eigenvalue weighted by molar-refractivity contribution is 6.33. The van der Waals surface area contributed by atoms with Crippen LogP contribution in [0.15, 0.2) is 18.2 Å². The summed E-state index contributed by atoms with van der Waals surface area (Å²) in [6.45, 7) is 6.78. The number of anilines is 1. The molecule has 2 atom stereocenters. The third-order valence-corrected chi connectivity index (χ3v) is 4.21. The Labute approximate surface area is 119 Å². The average Bonchev–Trinajstić information content (AvgIpc) is 2.54. The number of benzene rings is 1. The fourth-order valence-electron chi connectivity index (χ4n) is 3.08. The van der Waals surface area contributed by atoms with Crippen molar-refractivity contribution in [3.63, 3.8) is 0 Å². The van der Waals surface area contributed by atoms with Gasteiger partial charge in [0, 0.05) is 11.7 Å². The Kier molecular flexibility index (Phi) is 3.77. The van der Waals surface area contributed by atoms with Gasteiger partial charge in [0.1, 0.15) is 0 Å². The molecule has 1 aliphatic carbocycles. The molecule has 104 valence electrons. The minimum atomic E-state index is -0.992. The second-order valence-corrected chi connectivity index (χ2v) is 6.71. The Morgan fingerprint density at radius 1 is 1.42 bits per heavy atom. The highest BCUT2D eigenvalue weighted by Gasteiger charge is 2.36. The molecule has 0 spiro atoms. The lowest BCUT2D eigenvalue weighted by molar-refractivity contribution is 0.0697. The van der Waals surface area contributed by atoms with Crippen molar-refractivity contribution in [1.82, 2.24) is 0 Å². The van der Waals surface area contributed by atoms with Crippen molar-refractivity contribution in [2.75, 3.05) is 5.32 Å². The number of hydrogen-bond acceptors (Lipinski definition) is 2. The van der Waals surface area contributed by atoms with Crippen LogP contribution in [0, 0.1) is 11.3 Å². The van der Waals surface area contributed by atoms with Crippen molar-refractivity contribution in [3.8, 4) is 0 Å². The fraction of sp³-hybridized carbons (Fsp3) is 0.533. The number of hydrogen-bond donors (Lipinski definition) is 2. The number of carbonyl (C=O) groups is 1. The van der Waals surface area contributed by atoms with E-state index in [2.05, 4.69) is 26.1 Å². The number of carboxylic acids is 1. The Hall–Kier alpha value is -1.22. The first-order valence-electron chi connectivity index (χ1n) is 6.58. The maximum Gasteiger partial charge on any atom is 0.337 e. The Balaban J connectivity index is 2.16. The standard InChI is InChI=1S/C15H20ClNO2/c1-9-7-15(2,3)8-13(9)17-10-4-5-12(16)11(6-10)14(18)19/h4-6,9,13,17H,7-8H2,1-3H3,(H,18,19). The largest absolute Gasteiger partial charge is 0.478 e. The quantitative estimate of drug-likeness (QED) is 0.870. The van der Waals surface area contributed by atoms with E-state index in [1.165, 1.54) is 6.42 Å². The maximum atomic E-state index is 11.1. The van der Waals surface area contributed by atoms with Crippen LogP contribution in [0.4, 0.5) is 5.69 Å². The Bertz CT molecular complexity index is 499. The molecule has 0 radical (unpaired) electrons. The molecule has 2 N–H and O–H groups in total. The third kappa shape index (κ3) is 3.21. The number of rotatable bonds is 3. The first kappa shape index (κ1) is 14.2. The summed E-state index contributed by atoms with van der Waals surface area (Å²) in [5.74, 6) is -0.410. The molecule has 0 aromatic heterocycles. The fourth-order valence-corrected chi connectivity index (χ4v) is 3.28. The number of aromatic carboxylic acids is 1. The monoisotopic (exact) mass is 281 g/mol. The predicted molar refractivity (Wildman–Crippen MR) is 78.0 cm³/mol. The summed E-state index contributed by atoms with van der Waals surface area (Å²) in [6.07, 6.45) is 2.28. The molecule has 1 aliphatic rings. The number of nitrogens with one attached hydrogen (secondary N) is 1. The van der Waals surface area contributed by atoms with Crippen LogP contribution in [0.2, 0.25) is 5.02 Å². The van der Waals surface area contributed by atoms with Crippen molar-refractivity contribution in [2.45, 2.75) is 39.7 Å². The molecule has 0 heterocycles. The summed E-state index contributed by atoms with van der Waals surface area (Å²) in [4.78, 5) is 11.1. The summed E-state index contributed by atoms with van der Waals surface area (Å²) < 4.78 is 0. The molecule has 0 saturated heterocycles. The Morgan fingerprint density at radius 3 is 2.63 bits per heavy atom. The molecule has 0 bridgehead atoms. The highest BCUT2D eigenvalue weighted by atomic mass is 35.5. The third-order valence-electron chi connectivity index (χ3n) is 3.88. The van der Waals surface area contributed by atoms with E-state index in [0.29, 0.717) is 17.4 Å². The van der Waals surface area contributed by atoms with Gasteiger partial charge in [0.15, 0.2) is 0 Å². The van der Waals surface area contributed by atoms with Crippen molar-refractivity contribution >= 4 is 23.3 Å². The Morgan fingerprint density at radius 2 is 2.11 bits per heavy atom. The van der Waals surface area contributed by atoms with Crippen molar-refractivity contribution in [1.29, 1.82) is 0 Å². The second kappa shape index (κ2) is 5.04. The molecule has 19 heavy (non-hydrogen) atoms. The van der Waals surface area contributed by atoms with E-state index in [0.717, 1.165) is 12.1 Å². The molecular formula is C15H20ClNO2. The highest BCUT2D eigenvalue weighted by Crippen LogP contribution is 2.42. The van der Waals surface area contributed by atoms with Crippen molar-refractivity contribution in [2.24, 2.45) is 11.3 Å². The van der Waals surface area contributed by atoms with Gasteiger partial charge in [0.25, 0.3) is 0 Å².